The van der Waals surface area contributed by atoms with Gasteiger partial charge in [-0.05, 0) is 67.5 Å². The maximum atomic E-state index is 14.3. The molecule has 0 aromatic heterocycles. The van der Waals surface area contributed by atoms with Crippen LogP contribution >= 0.6 is 34.8 Å². The molecule has 1 heterocycles. The summed E-state index contributed by atoms with van der Waals surface area (Å²) in [5.41, 5.74) is 0.414. The SMILES string of the molecule is CS(=O)(=O)OCCC1(c2ccc(Cl)c(Cl)c2)CCCNC(C(=O)Cc2c(F)cccc2Cl)C1. The Morgan fingerprint density at radius 1 is 1.18 bits per heavy atom. The normalized spacial score (nSPS) is 21.5. The number of Topliss-reactive ketones (excluding diaryl/α,β-unsaturated/α-hetero) is 1. The van der Waals surface area contributed by atoms with Crippen molar-refractivity contribution in [2.75, 3.05) is 19.4 Å². The third kappa shape index (κ3) is 6.90. The Hall–Kier alpha value is -1.22. The zero-order valence-corrected chi connectivity index (χ0v) is 21.1. The topological polar surface area (TPSA) is 72.5 Å². The van der Waals surface area contributed by atoms with Gasteiger partial charge in [0, 0.05) is 17.0 Å². The molecule has 10 heteroatoms. The van der Waals surface area contributed by atoms with Gasteiger partial charge in [-0.1, -0.05) is 46.9 Å². The molecule has 0 aliphatic carbocycles. The summed E-state index contributed by atoms with van der Waals surface area (Å²) < 4.78 is 42.4. The van der Waals surface area contributed by atoms with Crippen LogP contribution in [0.5, 0.6) is 0 Å². The van der Waals surface area contributed by atoms with Crippen molar-refractivity contribution >= 4 is 50.7 Å². The summed E-state index contributed by atoms with van der Waals surface area (Å²) >= 11 is 18.5. The molecule has 5 nitrogen and oxygen atoms in total. The van der Waals surface area contributed by atoms with Crippen molar-refractivity contribution in [1.82, 2.24) is 5.32 Å². The molecule has 3 rings (SSSR count). The first-order valence-electron chi connectivity index (χ1n) is 10.5. The molecule has 2 aromatic carbocycles. The lowest BCUT2D eigenvalue weighted by Gasteiger charge is -2.35. The highest BCUT2D eigenvalue weighted by Crippen LogP contribution is 2.41. The van der Waals surface area contributed by atoms with Crippen LogP contribution in [-0.4, -0.2) is 39.7 Å². The minimum absolute atomic E-state index is 0.0425. The first kappa shape index (κ1) is 26.4. The van der Waals surface area contributed by atoms with Crippen LogP contribution in [0.2, 0.25) is 15.1 Å². The summed E-state index contributed by atoms with van der Waals surface area (Å²) in [6.45, 7) is 0.538. The van der Waals surface area contributed by atoms with E-state index in [1.807, 2.05) is 6.07 Å². The van der Waals surface area contributed by atoms with Crippen molar-refractivity contribution in [1.29, 1.82) is 0 Å². The molecule has 2 atom stereocenters. The van der Waals surface area contributed by atoms with Crippen LogP contribution in [0.25, 0.3) is 0 Å². The van der Waals surface area contributed by atoms with E-state index in [2.05, 4.69) is 5.32 Å². The van der Waals surface area contributed by atoms with Gasteiger partial charge in [-0.15, -0.1) is 0 Å². The average molecular weight is 537 g/mol. The van der Waals surface area contributed by atoms with Crippen LogP contribution in [0, 0.1) is 5.82 Å². The average Bonchev–Trinajstić information content (AvgIpc) is 2.95. The third-order valence-corrected chi connectivity index (χ3v) is 7.72. The number of rotatable bonds is 8. The van der Waals surface area contributed by atoms with Crippen molar-refractivity contribution in [3.63, 3.8) is 0 Å². The monoisotopic (exact) mass is 535 g/mol. The number of carbonyl (C=O) groups excluding carboxylic acids is 1. The van der Waals surface area contributed by atoms with E-state index in [0.29, 0.717) is 35.9 Å². The van der Waals surface area contributed by atoms with E-state index < -0.39 is 27.4 Å². The van der Waals surface area contributed by atoms with Gasteiger partial charge in [0.2, 0.25) is 0 Å². The molecule has 33 heavy (non-hydrogen) atoms. The zero-order valence-electron chi connectivity index (χ0n) is 18.0. The molecule has 1 aliphatic heterocycles. The first-order valence-corrected chi connectivity index (χ1v) is 13.4. The van der Waals surface area contributed by atoms with Crippen LogP contribution in [0.3, 0.4) is 0 Å². The molecule has 1 aliphatic rings. The van der Waals surface area contributed by atoms with Gasteiger partial charge in [0.05, 0.1) is 28.9 Å². The van der Waals surface area contributed by atoms with Gasteiger partial charge in [-0.3, -0.25) is 8.98 Å². The molecule has 180 valence electrons. The Morgan fingerprint density at radius 2 is 1.94 bits per heavy atom. The molecule has 0 saturated carbocycles. The summed E-state index contributed by atoms with van der Waals surface area (Å²) in [7, 11) is -3.62. The molecule has 1 N–H and O–H groups in total. The summed E-state index contributed by atoms with van der Waals surface area (Å²) in [4.78, 5) is 13.2. The Morgan fingerprint density at radius 3 is 2.61 bits per heavy atom. The molecule has 2 unspecified atom stereocenters. The first-order chi connectivity index (χ1) is 15.5. The third-order valence-electron chi connectivity index (χ3n) is 6.03. The van der Waals surface area contributed by atoms with Crippen LogP contribution in [0.15, 0.2) is 36.4 Å². The fourth-order valence-electron chi connectivity index (χ4n) is 4.34. The Kier molecular flexibility index (Phi) is 8.81. The van der Waals surface area contributed by atoms with E-state index >= 15 is 0 Å². The van der Waals surface area contributed by atoms with Crippen LogP contribution in [-0.2, 0) is 30.9 Å². The largest absolute Gasteiger partial charge is 0.307 e. The maximum Gasteiger partial charge on any atom is 0.264 e. The van der Waals surface area contributed by atoms with Crippen LogP contribution in [0.4, 0.5) is 4.39 Å². The molecule has 2 aromatic rings. The van der Waals surface area contributed by atoms with Gasteiger partial charge in [0.1, 0.15) is 5.82 Å². The fraction of sp³-hybridized carbons (Fsp3) is 0.435. The van der Waals surface area contributed by atoms with Gasteiger partial charge in [0.25, 0.3) is 10.1 Å². The molecule has 1 saturated heterocycles. The van der Waals surface area contributed by atoms with Gasteiger partial charge in [0.15, 0.2) is 5.78 Å². The number of hydrogen-bond donors (Lipinski definition) is 1. The number of nitrogens with one attached hydrogen (secondary N) is 1. The predicted octanol–water partition coefficient (Wildman–Crippen LogP) is 5.34. The summed E-state index contributed by atoms with van der Waals surface area (Å²) in [5.74, 6) is -0.723. The Balaban J connectivity index is 1.92. The lowest BCUT2D eigenvalue weighted by Crippen LogP contribution is -2.42. The molecular weight excluding hydrogens is 512 g/mol. The molecule has 0 amide bonds. The van der Waals surface area contributed by atoms with E-state index in [4.69, 9.17) is 39.0 Å². The van der Waals surface area contributed by atoms with Crippen LogP contribution in [0.1, 0.15) is 36.8 Å². The van der Waals surface area contributed by atoms with Gasteiger partial charge < -0.3 is 5.32 Å². The van der Waals surface area contributed by atoms with E-state index in [0.717, 1.165) is 18.2 Å². The van der Waals surface area contributed by atoms with E-state index in [9.17, 15) is 17.6 Å². The smallest absolute Gasteiger partial charge is 0.264 e. The summed E-state index contributed by atoms with van der Waals surface area (Å²) in [5, 5.41) is 4.24. The lowest BCUT2D eigenvalue weighted by molar-refractivity contribution is -0.120. The van der Waals surface area contributed by atoms with Gasteiger partial charge in [-0.2, -0.15) is 8.42 Å². The number of benzene rings is 2. The predicted molar refractivity (Wildman–Crippen MR) is 129 cm³/mol. The van der Waals surface area contributed by atoms with Crippen molar-refractivity contribution < 1.29 is 21.8 Å². The number of hydrogen-bond acceptors (Lipinski definition) is 5. The Bertz CT molecular complexity index is 1110. The number of carbonyl (C=O) groups is 1. The zero-order chi connectivity index (χ0) is 24.2. The molecule has 1 fully saturated rings. The molecular formula is C23H25Cl3FNO4S. The standard InChI is InChI=1S/C23H25Cl3FNO4S/c1-33(30,31)32-11-9-23(15-6-7-18(25)19(26)12-15)8-3-10-28-21(14-23)22(29)13-16-17(24)4-2-5-20(16)27/h2,4-7,12,21,28H,3,8-11,13-14H2,1H3. The summed E-state index contributed by atoms with van der Waals surface area (Å²) in [6.07, 6.45) is 2.98. The highest BCUT2D eigenvalue weighted by atomic mass is 35.5. The fourth-order valence-corrected chi connectivity index (χ4v) is 5.26. The minimum atomic E-state index is -3.62. The van der Waals surface area contributed by atoms with E-state index in [1.54, 1.807) is 18.2 Å². The van der Waals surface area contributed by atoms with Gasteiger partial charge >= 0.3 is 0 Å². The van der Waals surface area contributed by atoms with Gasteiger partial charge in [-0.25, -0.2) is 4.39 Å². The maximum absolute atomic E-state index is 14.3. The van der Waals surface area contributed by atoms with E-state index in [-0.39, 0.29) is 29.4 Å². The molecule has 0 spiro atoms. The minimum Gasteiger partial charge on any atom is -0.307 e. The molecule has 0 radical (unpaired) electrons. The Labute approximate surface area is 208 Å². The highest BCUT2D eigenvalue weighted by Gasteiger charge is 2.39. The number of halogens is 4. The van der Waals surface area contributed by atoms with Crippen molar-refractivity contribution in [3.05, 3.63) is 68.4 Å². The number of ketones is 1. The molecule has 0 bridgehead atoms. The van der Waals surface area contributed by atoms with Crippen molar-refractivity contribution in [3.8, 4) is 0 Å². The second kappa shape index (κ2) is 11.0. The van der Waals surface area contributed by atoms with Crippen molar-refractivity contribution in [2.45, 2.75) is 43.6 Å². The lowest BCUT2D eigenvalue weighted by atomic mass is 9.70. The second-order valence-corrected chi connectivity index (χ2v) is 11.2. The summed E-state index contributed by atoms with van der Waals surface area (Å²) in [6, 6.07) is 9.02. The highest BCUT2D eigenvalue weighted by molar-refractivity contribution is 7.85. The second-order valence-electron chi connectivity index (χ2n) is 8.34. The van der Waals surface area contributed by atoms with Crippen LogP contribution < -0.4 is 5.32 Å². The quantitative estimate of drug-likeness (QED) is 0.461. The van der Waals surface area contributed by atoms with Crippen molar-refractivity contribution in [2.24, 2.45) is 0 Å². The van der Waals surface area contributed by atoms with E-state index in [1.165, 1.54) is 12.1 Å².